The van der Waals surface area contributed by atoms with Gasteiger partial charge in [0.25, 0.3) is 0 Å². The lowest BCUT2D eigenvalue weighted by Gasteiger charge is -2.29. The van der Waals surface area contributed by atoms with Gasteiger partial charge < -0.3 is 11.1 Å². The van der Waals surface area contributed by atoms with Crippen LogP contribution in [0, 0.1) is 11.6 Å². The van der Waals surface area contributed by atoms with E-state index in [-0.39, 0.29) is 0 Å². The Kier molecular flexibility index (Phi) is 3.70. The number of nitrogens with two attached hydrogens (primary N) is 1. The van der Waals surface area contributed by atoms with Crippen LogP contribution in [-0.2, 0) is 10.3 Å². The predicted octanol–water partition coefficient (Wildman–Crippen LogP) is 2.78. The van der Waals surface area contributed by atoms with Crippen LogP contribution in [-0.4, -0.2) is 5.91 Å². The number of hydrogen-bond acceptors (Lipinski definition) is 2. The molecule has 0 bridgehead atoms. The Balaban J connectivity index is 2.53. The average Bonchev–Trinajstić information content (AvgIpc) is 2.39. The van der Waals surface area contributed by atoms with Crippen LogP contribution in [0.5, 0.6) is 0 Å². The zero-order valence-corrected chi connectivity index (χ0v) is 10.9. The Bertz CT molecular complexity index is 611. The van der Waals surface area contributed by atoms with Gasteiger partial charge in [-0.25, -0.2) is 8.78 Å². The first-order valence-corrected chi connectivity index (χ1v) is 6.03. The predicted molar refractivity (Wildman–Crippen MR) is 73.0 cm³/mol. The highest BCUT2D eigenvalue weighted by atomic mass is 19.1. The van der Waals surface area contributed by atoms with Crippen LogP contribution in [0.3, 0.4) is 0 Å². The Morgan fingerprint density at radius 3 is 2.10 bits per heavy atom. The third-order valence-corrected chi connectivity index (χ3v) is 3.12. The maximum atomic E-state index is 13.9. The van der Waals surface area contributed by atoms with Gasteiger partial charge in [-0.2, -0.15) is 0 Å². The molecule has 2 rings (SSSR count). The summed E-state index contributed by atoms with van der Waals surface area (Å²) in [7, 11) is 0. The minimum Gasteiger partial charge on any atom is -0.368 e. The third kappa shape index (κ3) is 2.47. The number of carbonyl (C=O) groups is 1. The molecule has 0 fully saturated rings. The quantitative estimate of drug-likeness (QED) is 0.902. The second-order valence-electron chi connectivity index (χ2n) is 4.58. The van der Waals surface area contributed by atoms with Crippen molar-refractivity contribution in [3.8, 4) is 0 Å². The molecule has 1 unspecified atom stereocenters. The van der Waals surface area contributed by atoms with Crippen molar-refractivity contribution in [3.05, 3.63) is 65.7 Å². The zero-order chi connectivity index (χ0) is 14.8. The molecule has 20 heavy (non-hydrogen) atoms. The van der Waals surface area contributed by atoms with Gasteiger partial charge in [0, 0.05) is 5.69 Å². The number of hydrogen-bond donors (Lipinski definition) is 2. The fraction of sp³-hybridized carbons (Fsp3) is 0.133. The summed E-state index contributed by atoms with van der Waals surface area (Å²) in [4.78, 5) is 11.8. The van der Waals surface area contributed by atoms with E-state index in [2.05, 4.69) is 5.32 Å². The van der Waals surface area contributed by atoms with E-state index in [1.165, 1.54) is 13.0 Å². The molecule has 0 radical (unpaired) electrons. The molecule has 0 aliphatic heterocycles. The van der Waals surface area contributed by atoms with Crippen LogP contribution < -0.4 is 11.1 Å². The fourth-order valence-corrected chi connectivity index (χ4v) is 2.03. The van der Waals surface area contributed by atoms with E-state index in [1.54, 1.807) is 30.3 Å². The molecule has 0 spiro atoms. The standard InChI is InChI=1S/C15H14F2N2O/c1-15(14(18)20,19-10-6-3-2-4-7-10)13-11(16)8-5-9-12(13)17/h2-9,19H,1H3,(H2,18,20). The molecule has 0 aliphatic rings. The number of para-hydroxylation sites is 1. The molecule has 0 aliphatic carbocycles. The van der Waals surface area contributed by atoms with Gasteiger partial charge in [-0.15, -0.1) is 0 Å². The Morgan fingerprint density at radius 2 is 1.60 bits per heavy atom. The summed E-state index contributed by atoms with van der Waals surface area (Å²) in [6, 6.07) is 12.0. The summed E-state index contributed by atoms with van der Waals surface area (Å²) in [5.41, 5.74) is 3.82. The summed E-state index contributed by atoms with van der Waals surface area (Å²) in [5, 5.41) is 2.80. The summed E-state index contributed by atoms with van der Waals surface area (Å²) in [6.07, 6.45) is 0. The monoisotopic (exact) mass is 276 g/mol. The van der Waals surface area contributed by atoms with Crippen molar-refractivity contribution in [3.63, 3.8) is 0 Å². The third-order valence-electron chi connectivity index (χ3n) is 3.12. The summed E-state index contributed by atoms with van der Waals surface area (Å²) < 4.78 is 27.8. The van der Waals surface area contributed by atoms with Gasteiger partial charge in [0.15, 0.2) is 0 Å². The van der Waals surface area contributed by atoms with Crippen LogP contribution in [0.4, 0.5) is 14.5 Å². The highest BCUT2D eigenvalue weighted by Gasteiger charge is 2.38. The first-order valence-electron chi connectivity index (χ1n) is 6.03. The van der Waals surface area contributed by atoms with Gasteiger partial charge in [-0.3, -0.25) is 4.79 Å². The lowest BCUT2D eigenvalue weighted by Crippen LogP contribution is -2.46. The van der Waals surface area contributed by atoms with Crippen LogP contribution in [0.1, 0.15) is 12.5 Å². The van der Waals surface area contributed by atoms with Gasteiger partial charge in [0.05, 0.1) is 5.56 Å². The number of nitrogens with one attached hydrogen (secondary N) is 1. The second-order valence-corrected chi connectivity index (χ2v) is 4.58. The molecule has 0 aromatic heterocycles. The Labute approximate surface area is 115 Å². The van der Waals surface area contributed by atoms with E-state index in [0.717, 1.165) is 12.1 Å². The molecule has 0 saturated carbocycles. The molecule has 0 heterocycles. The molecule has 2 aromatic rings. The largest absolute Gasteiger partial charge is 0.368 e. The topological polar surface area (TPSA) is 55.1 Å². The normalized spacial score (nSPS) is 13.6. The maximum absolute atomic E-state index is 13.9. The second kappa shape index (κ2) is 5.28. The highest BCUT2D eigenvalue weighted by molar-refractivity contribution is 5.89. The molecule has 104 valence electrons. The first-order chi connectivity index (χ1) is 9.45. The molecule has 0 saturated heterocycles. The van der Waals surface area contributed by atoms with E-state index >= 15 is 0 Å². The van der Waals surface area contributed by atoms with Crippen molar-refractivity contribution in [1.29, 1.82) is 0 Å². The molecule has 3 nitrogen and oxygen atoms in total. The van der Waals surface area contributed by atoms with E-state index in [9.17, 15) is 13.6 Å². The van der Waals surface area contributed by atoms with Crippen molar-refractivity contribution in [2.24, 2.45) is 5.73 Å². The zero-order valence-electron chi connectivity index (χ0n) is 10.9. The minimum atomic E-state index is -1.68. The molecule has 1 amide bonds. The number of halogens is 2. The maximum Gasteiger partial charge on any atom is 0.247 e. The van der Waals surface area contributed by atoms with Crippen molar-refractivity contribution in [2.45, 2.75) is 12.5 Å². The van der Waals surface area contributed by atoms with Gasteiger partial charge in [0.1, 0.15) is 17.2 Å². The molecule has 1 atom stereocenters. The van der Waals surface area contributed by atoms with Crippen molar-refractivity contribution in [1.82, 2.24) is 0 Å². The smallest absolute Gasteiger partial charge is 0.247 e. The SMILES string of the molecule is CC(Nc1ccccc1)(C(N)=O)c1c(F)cccc1F. The van der Waals surface area contributed by atoms with Gasteiger partial charge in [0.2, 0.25) is 5.91 Å². The van der Waals surface area contributed by atoms with Gasteiger partial charge in [-0.1, -0.05) is 24.3 Å². The number of benzene rings is 2. The number of anilines is 1. The molecule has 5 heteroatoms. The minimum absolute atomic E-state index is 0.392. The van der Waals surface area contributed by atoms with Gasteiger partial charge in [-0.05, 0) is 31.2 Å². The van der Waals surface area contributed by atoms with Crippen molar-refractivity contribution >= 4 is 11.6 Å². The van der Waals surface area contributed by atoms with Crippen LogP contribution in [0.15, 0.2) is 48.5 Å². The Morgan fingerprint density at radius 1 is 1.05 bits per heavy atom. The van der Waals surface area contributed by atoms with E-state index in [1.807, 2.05) is 0 Å². The van der Waals surface area contributed by atoms with Crippen LogP contribution in [0.25, 0.3) is 0 Å². The van der Waals surface area contributed by atoms with E-state index in [0.29, 0.717) is 5.69 Å². The molecular weight excluding hydrogens is 262 g/mol. The lowest BCUT2D eigenvalue weighted by molar-refractivity contribution is -0.122. The first kappa shape index (κ1) is 14.0. The van der Waals surface area contributed by atoms with E-state index in [4.69, 9.17) is 5.73 Å². The highest BCUT2D eigenvalue weighted by Crippen LogP contribution is 2.30. The van der Waals surface area contributed by atoms with Crippen LogP contribution >= 0.6 is 0 Å². The van der Waals surface area contributed by atoms with Gasteiger partial charge >= 0.3 is 0 Å². The summed E-state index contributed by atoms with van der Waals surface area (Å²) >= 11 is 0. The summed E-state index contributed by atoms with van der Waals surface area (Å²) in [5.74, 6) is -2.52. The fourth-order valence-electron chi connectivity index (χ4n) is 2.03. The average molecular weight is 276 g/mol. The molecule has 3 N–H and O–H groups in total. The van der Waals surface area contributed by atoms with Crippen molar-refractivity contribution in [2.75, 3.05) is 5.32 Å². The summed E-state index contributed by atoms with van der Waals surface area (Å²) in [6.45, 7) is 1.35. The Hall–Kier alpha value is -2.43. The number of carbonyl (C=O) groups excluding carboxylic acids is 1. The van der Waals surface area contributed by atoms with Crippen LogP contribution in [0.2, 0.25) is 0 Å². The molecular formula is C15H14F2N2O. The van der Waals surface area contributed by atoms with Crippen molar-refractivity contribution < 1.29 is 13.6 Å². The number of amides is 1. The number of rotatable bonds is 4. The van der Waals surface area contributed by atoms with E-state index < -0.39 is 28.6 Å². The number of primary amides is 1. The lowest BCUT2D eigenvalue weighted by atomic mass is 9.89. The molecule has 2 aromatic carbocycles.